The molecule has 0 saturated carbocycles. The van der Waals surface area contributed by atoms with Gasteiger partial charge in [0.15, 0.2) is 5.60 Å². The second-order valence-corrected chi connectivity index (χ2v) is 8.24. The summed E-state index contributed by atoms with van der Waals surface area (Å²) >= 11 is 0. The maximum atomic E-state index is 12.5. The van der Waals surface area contributed by atoms with Gasteiger partial charge in [-0.15, -0.1) is 0 Å². The third kappa shape index (κ3) is 3.92. The summed E-state index contributed by atoms with van der Waals surface area (Å²) in [5.41, 5.74) is 1.41. The van der Waals surface area contributed by atoms with Crippen LogP contribution in [-0.2, 0) is 16.2 Å². The van der Waals surface area contributed by atoms with E-state index in [-0.39, 0.29) is 17.6 Å². The van der Waals surface area contributed by atoms with E-state index in [1.807, 2.05) is 31.8 Å². The Labute approximate surface area is 156 Å². The molecule has 144 valence electrons. The number of piperidine rings is 1. The van der Waals surface area contributed by atoms with Crippen molar-refractivity contribution in [3.63, 3.8) is 0 Å². The van der Waals surface area contributed by atoms with E-state index in [2.05, 4.69) is 35.2 Å². The van der Waals surface area contributed by atoms with E-state index in [9.17, 15) is 4.79 Å². The molecular weight excluding hydrogens is 330 g/mol. The zero-order chi connectivity index (χ0) is 18.9. The first-order valence-electron chi connectivity index (χ1n) is 9.57. The number of rotatable bonds is 5. The Morgan fingerprint density at radius 1 is 1.38 bits per heavy atom. The van der Waals surface area contributed by atoms with Crippen molar-refractivity contribution in [2.24, 2.45) is 5.16 Å². The minimum Gasteiger partial charge on any atom is -0.387 e. The van der Waals surface area contributed by atoms with Crippen molar-refractivity contribution < 1.29 is 9.63 Å². The highest BCUT2D eigenvalue weighted by Gasteiger charge is 2.45. The number of carbonyl (C=O) groups is 1. The molecule has 1 fully saturated rings. The number of aromatic nitrogens is 2. The van der Waals surface area contributed by atoms with Crippen molar-refractivity contribution in [1.29, 1.82) is 0 Å². The lowest BCUT2D eigenvalue weighted by Gasteiger charge is -2.38. The topological polar surface area (TPSA) is 63.0 Å². The molecule has 1 amide bonds. The number of hydrogen-bond donors (Lipinski definition) is 0. The van der Waals surface area contributed by atoms with E-state index < -0.39 is 0 Å². The number of nitrogens with zero attached hydrogens (tertiary/aromatic N) is 5. The van der Waals surface area contributed by atoms with Crippen LogP contribution in [0.4, 0.5) is 0 Å². The molecule has 0 aliphatic carbocycles. The van der Waals surface area contributed by atoms with Gasteiger partial charge < -0.3 is 9.74 Å². The largest absolute Gasteiger partial charge is 0.387 e. The fourth-order valence-electron chi connectivity index (χ4n) is 3.62. The molecule has 26 heavy (non-hydrogen) atoms. The van der Waals surface area contributed by atoms with Crippen molar-refractivity contribution in [2.45, 2.75) is 71.2 Å². The Morgan fingerprint density at radius 2 is 2.15 bits per heavy atom. The molecule has 0 radical (unpaired) electrons. The summed E-state index contributed by atoms with van der Waals surface area (Å²) in [4.78, 5) is 22.5. The van der Waals surface area contributed by atoms with Gasteiger partial charge in [-0.3, -0.25) is 14.4 Å². The smallest absolute Gasteiger partial charge is 0.271 e. The zero-order valence-electron chi connectivity index (χ0n) is 16.6. The average Bonchev–Trinajstić information content (AvgIpc) is 3.21. The van der Waals surface area contributed by atoms with Crippen LogP contribution in [0.3, 0.4) is 0 Å². The average molecular weight is 361 g/mol. The predicted octanol–water partition coefficient (Wildman–Crippen LogP) is 2.44. The van der Waals surface area contributed by atoms with Crippen molar-refractivity contribution in [2.75, 3.05) is 20.1 Å². The Balaban J connectivity index is 1.61. The van der Waals surface area contributed by atoms with Gasteiger partial charge in [-0.2, -0.15) is 5.10 Å². The lowest BCUT2D eigenvalue weighted by molar-refractivity contribution is -0.124. The highest BCUT2D eigenvalue weighted by molar-refractivity contribution is 6.39. The van der Waals surface area contributed by atoms with Gasteiger partial charge in [0, 0.05) is 50.4 Å². The van der Waals surface area contributed by atoms with Gasteiger partial charge >= 0.3 is 0 Å². The lowest BCUT2D eigenvalue weighted by Crippen LogP contribution is -2.48. The van der Waals surface area contributed by atoms with E-state index >= 15 is 0 Å². The summed E-state index contributed by atoms with van der Waals surface area (Å²) in [6, 6.07) is 0.525. The molecule has 1 saturated heterocycles. The molecule has 2 aliphatic heterocycles. The SMILES string of the molecule is CC(C)N(C)C(=O)C1=NO[C@@]2(CCCN(Cc3cnn(C(C)C)c3)C2)C1. The van der Waals surface area contributed by atoms with Gasteiger partial charge in [-0.05, 0) is 47.1 Å². The quantitative estimate of drug-likeness (QED) is 0.808. The van der Waals surface area contributed by atoms with Crippen LogP contribution in [0.15, 0.2) is 17.5 Å². The van der Waals surface area contributed by atoms with E-state index in [1.54, 1.807) is 4.90 Å². The standard InChI is InChI=1S/C19H31N5O2/c1-14(2)22(5)18(25)17-9-19(26-21-17)7-6-8-23(13-19)11-16-10-20-24(12-16)15(3)4/h10,12,14-15H,6-9,11,13H2,1-5H3/t19-/m0/s1. The Bertz CT molecular complexity index is 681. The normalized spacial score (nSPS) is 23.6. The van der Waals surface area contributed by atoms with Gasteiger partial charge in [0.25, 0.3) is 5.91 Å². The number of likely N-dealkylation sites (tertiary alicyclic amines) is 1. The van der Waals surface area contributed by atoms with Crippen molar-refractivity contribution in [1.82, 2.24) is 19.6 Å². The molecule has 0 bridgehead atoms. The van der Waals surface area contributed by atoms with Gasteiger partial charge in [0.2, 0.25) is 0 Å². The van der Waals surface area contributed by atoms with E-state index in [0.717, 1.165) is 32.5 Å². The molecule has 1 spiro atoms. The number of hydrogen-bond acceptors (Lipinski definition) is 5. The minimum atomic E-state index is -0.352. The van der Waals surface area contributed by atoms with Crippen LogP contribution in [0.1, 0.15) is 58.6 Å². The van der Waals surface area contributed by atoms with Gasteiger partial charge in [-0.1, -0.05) is 5.16 Å². The van der Waals surface area contributed by atoms with Crippen molar-refractivity contribution in [3.8, 4) is 0 Å². The van der Waals surface area contributed by atoms with Crippen LogP contribution < -0.4 is 0 Å². The summed E-state index contributed by atoms with van der Waals surface area (Å²) in [7, 11) is 1.82. The molecule has 7 heteroatoms. The molecule has 7 nitrogen and oxygen atoms in total. The first kappa shape index (κ1) is 18.9. The predicted molar refractivity (Wildman–Crippen MR) is 101 cm³/mol. The first-order chi connectivity index (χ1) is 12.3. The molecule has 1 aromatic heterocycles. The van der Waals surface area contributed by atoms with Gasteiger partial charge in [0.05, 0.1) is 6.20 Å². The molecule has 1 atom stereocenters. The molecule has 0 aromatic carbocycles. The maximum absolute atomic E-state index is 12.5. The summed E-state index contributed by atoms with van der Waals surface area (Å²) < 4.78 is 1.99. The highest BCUT2D eigenvalue weighted by Crippen LogP contribution is 2.34. The zero-order valence-corrected chi connectivity index (χ0v) is 16.6. The lowest BCUT2D eigenvalue weighted by atomic mass is 9.87. The molecule has 2 aliphatic rings. The van der Waals surface area contributed by atoms with E-state index in [1.165, 1.54) is 5.56 Å². The minimum absolute atomic E-state index is 0.0211. The molecule has 0 N–H and O–H groups in total. The van der Waals surface area contributed by atoms with Crippen LogP contribution in [0.5, 0.6) is 0 Å². The molecule has 3 heterocycles. The van der Waals surface area contributed by atoms with Crippen LogP contribution in [0, 0.1) is 0 Å². The summed E-state index contributed by atoms with van der Waals surface area (Å²) in [5.74, 6) is -0.0211. The Kier molecular flexibility index (Phi) is 5.37. The third-order valence-electron chi connectivity index (χ3n) is 5.39. The van der Waals surface area contributed by atoms with Crippen molar-refractivity contribution >= 4 is 11.6 Å². The van der Waals surface area contributed by atoms with Gasteiger partial charge in [0.1, 0.15) is 5.71 Å². The fraction of sp³-hybridized carbons (Fsp3) is 0.737. The molecule has 3 rings (SSSR count). The third-order valence-corrected chi connectivity index (χ3v) is 5.39. The number of carbonyl (C=O) groups excluding carboxylic acids is 1. The van der Waals surface area contributed by atoms with Crippen LogP contribution in [0.25, 0.3) is 0 Å². The number of amides is 1. The second-order valence-electron chi connectivity index (χ2n) is 8.24. The first-order valence-corrected chi connectivity index (χ1v) is 9.57. The second kappa shape index (κ2) is 7.39. The maximum Gasteiger partial charge on any atom is 0.271 e. The summed E-state index contributed by atoms with van der Waals surface area (Å²) in [6.07, 6.45) is 6.66. The summed E-state index contributed by atoms with van der Waals surface area (Å²) in [5, 5.41) is 8.59. The van der Waals surface area contributed by atoms with E-state index in [4.69, 9.17) is 4.84 Å². The fourth-order valence-corrected chi connectivity index (χ4v) is 3.62. The number of oxime groups is 1. The van der Waals surface area contributed by atoms with Crippen molar-refractivity contribution in [3.05, 3.63) is 18.0 Å². The van der Waals surface area contributed by atoms with Crippen LogP contribution in [0.2, 0.25) is 0 Å². The highest BCUT2D eigenvalue weighted by atomic mass is 16.7. The van der Waals surface area contributed by atoms with E-state index in [0.29, 0.717) is 18.2 Å². The molecule has 0 unspecified atom stereocenters. The Hall–Kier alpha value is -1.89. The van der Waals surface area contributed by atoms with Gasteiger partial charge in [-0.25, -0.2) is 0 Å². The summed E-state index contributed by atoms with van der Waals surface area (Å²) in [6.45, 7) is 10.9. The van der Waals surface area contributed by atoms with Crippen LogP contribution >= 0.6 is 0 Å². The molecular formula is C19H31N5O2. The Morgan fingerprint density at radius 3 is 2.81 bits per heavy atom. The molecule has 1 aromatic rings. The monoisotopic (exact) mass is 361 g/mol. The van der Waals surface area contributed by atoms with Crippen LogP contribution in [-0.4, -0.2) is 63.0 Å².